The van der Waals surface area contributed by atoms with Crippen molar-refractivity contribution in [3.05, 3.63) is 40.1 Å². The van der Waals surface area contributed by atoms with Crippen LogP contribution in [0.4, 0.5) is 5.13 Å². The van der Waals surface area contributed by atoms with Crippen LogP contribution in [0.25, 0.3) is 22.2 Å². The molecule has 3 aromatic rings. The van der Waals surface area contributed by atoms with Crippen molar-refractivity contribution in [1.29, 1.82) is 0 Å². The van der Waals surface area contributed by atoms with Gasteiger partial charge in [0.25, 0.3) is 0 Å². The second-order valence-electron chi connectivity index (χ2n) is 6.45. The Morgan fingerprint density at radius 2 is 2.19 bits per heavy atom. The van der Waals surface area contributed by atoms with E-state index in [0.717, 1.165) is 17.5 Å². The fourth-order valence-corrected chi connectivity index (χ4v) is 3.29. The molecule has 0 aliphatic carbocycles. The lowest BCUT2D eigenvalue weighted by Crippen LogP contribution is -2.03. The molecule has 0 atom stereocenters. The number of thiazole rings is 1. The monoisotopic (exact) mass is 371 g/mol. The fraction of sp³-hybridized carbons (Fsp3) is 0.316. The van der Waals surface area contributed by atoms with E-state index in [9.17, 15) is 4.79 Å². The number of aromatic nitrogens is 1. The highest BCUT2D eigenvalue weighted by molar-refractivity contribution is 7.14. The number of rotatable bonds is 6. The van der Waals surface area contributed by atoms with Crippen LogP contribution in [-0.4, -0.2) is 17.8 Å². The second kappa shape index (κ2) is 7.70. The number of nitrogens with zero attached hydrogens (tertiary/aromatic N) is 2. The number of benzene rings is 1. The summed E-state index contributed by atoms with van der Waals surface area (Å²) in [6.07, 6.45) is 0.918. The highest BCUT2D eigenvalue weighted by atomic mass is 32.1. The van der Waals surface area contributed by atoms with E-state index in [1.54, 1.807) is 25.3 Å². The van der Waals surface area contributed by atoms with Crippen molar-refractivity contribution >= 4 is 33.1 Å². The molecular formula is C19H21N3O3S. The van der Waals surface area contributed by atoms with Gasteiger partial charge in [-0.25, -0.2) is 9.78 Å². The minimum absolute atomic E-state index is 0.415. The van der Waals surface area contributed by atoms with Gasteiger partial charge in [-0.15, -0.1) is 11.3 Å². The molecule has 136 valence electrons. The van der Waals surface area contributed by atoms with Crippen molar-refractivity contribution in [3.8, 4) is 17.0 Å². The zero-order valence-corrected chi connectivity index (χ0v) is 16.0. The van der Waals surface area contributed by atoms with Crippen LogP contribution < -0.4 is 15.8 Å². The minimum Gasteiger partial charge on any atom is -0.497 e. The van der Waals surface area contributed by atoms with Gasteiger partial charge < -0.3 is 9.15 Å². The van der Waals surface area contributed by atoms with Crippen LogP contribution in [0.2, 0.25) is 0 Å². The minimum atomic E-state index is -0.418. The van der Waals surface area contributed by atoms with Crippen LogP contribution in [0.5, 0.6) is 5.75 Å². The smallest absolute Gasteiger partial charge is 0.345 e. The molecule has 26 heavy (non-hydrogen) atoms. The fourth-order valence-electron chi connectivity index (χ4n) is 2.64. The first kappa shape index (κ1) is 18.1. The van der Waals surface area contributed by atoms with Gasteiger partial charge in [-0.3, -0.25) is 5.43 Å². The summed E-state index contributed by atoms with van der Waals surface area (Å²) in [7, 11) is 1.60. The Morgan fingerprint density at radius 1 is 1.38 bits per heavy atom. The number of hydrazone groups is 1. The van der Waals surface area contributed by atoms with E-state index in [1.807, 2.05) is 18.4 Å². The lowest BCUT2D eigenvalue weighted by molar-refractivity contribution is 0.415. The lowest BCUT2D eigenvalue weighted by Gasteiger charge is -2.04. The number of methoxy groups -OCH3 is 1. The largest absolute Gasteiger partial charge is 0.497 e. The van der Waals surface area contributed by atoms with E-state index >= 15 is 0 Å². The third kappa shape index (κ3) is 4.11. The molecular weight excluding hydrogens is 350 g/mol. The Kier molecular flexibility index (Phi) is 5.37. The molecule has 0 amide bonds. The maximum atomic E-state index is 12.3. The molecule has 7 heteroatoms. The van der Waals surface area contributed by atoms with Crippen molar-refractivity contribution < 1.29 is 9.15 Å². The molecule has 2 aromatic heterocycles. The highest BCUT2D eigenvalue weighted by Crippen LogP contribution is 2.27. The quantitative estimate of drug-likeness (QED) is 0.384. The average molecular weight is 371 g/mol. The van der Waals surface area contributed by atoms with Gasteiger partial charge in [-0.1, -0.05) is 13.8 Å². The van der Waals surface area contributed by atoms with Gasteiger partial charge in [0, 0.05) is 16.5 Å². The van der Waals surface area contributed by atoms with Gasteiger partial charge in [-0.05, 0) is 43.5 Å². The highest BCUT2D eigenvalue weighted by Gasteiger charge is 2.12. The standard InChI is InChI=1S/C19H21N3O3S/c1-11(2)7-12(3)21-22-19-20-16(10-26-19)15-9-13-8-14(24-4)5-6-17(13)25-18(15)23/h5-6,8-11H,7H2,1-4H3,(H,20,22)/b21-12-. The van der Waals surface area contributed by atoms with Crippen molar-refractivity contribution in [3.63, 3.8) is 0 Å². The Balaban J connectivity index is 1.88. The molecule has 3 rings (SSSR count). The number of anilines is 1. The molecule has 1 aromatic carbocycles. The van der Waals surface area contributed by atoms with Crippen molar-refractivity contribution in [2.45, 2.75) is 27.2 Å². The van der Waals surface area contributed by atoms with Crippen molar-refractivity contribution in [2.24, 2.45) is 11.0 Å². The van der Waals surface area contributed by atoms with E-state index in [0.29, 0.717) is 33.6 Å². The van der Waals surface area contributed by atoms with Crippen LogP contribution >= 0.6 is 11.3 Å². The summed E-state index contributed by atoms with van der Waals surface area (Å²) < 4.78 is 10.6. The van der Waals surface area contributed by atoms with Gasteiger partial charge in [0.1, 0.15) is 11.3 Å². The SMILES string of the molecule is COc1ccc2oc(=O)c(-c3csc(N/N=C(/C)CC(C)C)n3)cc2c1. The molecule has 0 fully saturated rings. The van der Waals surface area contributed by atoms with Gasteiger partial charge in [0.15, 0.2) is 0 Å². The molecule has 6 nitrogen and oxygen atoms in total. The lowest BCUT2D eigenvalue weighted by atomic mass is 10.1. The second-order valence-corrected chi connectivity index (χ2v) is 7.30. The Hall–Kier alpha value is -2.67. The molecule has 0 saturated heterocycles. The van der Waals surface area contributed by atoms with E-state index in [1.165, 1.54) is 11.3 Å². The topological polar surface area (TPSA) is 76.7 Å². The van der Waals surface area contributed by atoms with Gasteiger partial charge in [0.05, 0.1) is 18.4 Å². The maximum Gasteiger partial charge on any atom is 0.345 e. The summed E-state index contributed by atoms with van der Waals surface area (Å²) in [5.41, 5.74) is 5.04. The van der Waals surface area contributed by atoms with Crippen LogP contribution in [0.15, 0.2) is 44.0 Å². The van der Waals surface area contributed by atoms with Crippen LogP contribution in [-0.2, 0) is 0 Å². The first-order valence-electron chi connectivity index (χ1n) is 8.33. The molecule has 2 heterocycles. The molecule has 0 spiro atoms. The molecule has 1 N–H and O–H groups in total. The Labute approximate surface area is 155 Å². The summed E-state index contributed by atoms with van der Waals surface area (Å²) in [4.78, 5) is 16.8. The van der Waals surface area contributed by atoms with Gasteiger partial charge >= 0.3 is 5.63 Å². The number of fused-ring (bicyclic) bond motifs is 1. The van der Waals surface area contributed by atoms with Crippen LogP contribution in [0, 0.1) is 5.92 Å². The molecule has 0 bridgehead atoms. The average Bonchev–Trinajstić information content (AvgIpc) is 3.07. The van der Waals surface area contributed by atoms with Crippen LogP contribution in [0.1, 0.15) is 27.2 Å². The number of nitrogens with one attached hydrogen (secondary N) is 1. The van der Waals surface area contributed by atoms with E-state index in [-0.39, 0.29) is 0 Å². The Morgan fingerprint density at radius 3 is 2.92 bits per heavy atom. The summed E-state index contributed by atoms with van der Waals surface area (Å²) >= 11 is 1.39. The zero-order valence-electron chi connectivity index (χ0n) is 15.2. The van der Waals surface area contributed by atoms with Crippen molar-refractivity contribution in [1.82, 2.24) is 4.98 Å². The normalized spacial score (nSPS) is 12.0. The summed E-state index contributed by atoms with van der Waals surface area (Å²) in [6, 6.07) is 7.08. The van der Waals surface area contributed by atoms with Crippen LogP contribution in [0.3, 0.4) is 0 Å². The molecule has 0 aliphatic rings. The third-order valence-electron chi connectivity index (χ3n) is 3.77. The summed E-state index contributed by atoms with van der Waals surface area (Å²) in [5, 5.41) is 7.56. The van der Waals surface area contributed by atoms with Gasteiger partial charge in [0.2, 0.25) is 5.13 Å². The molecule has 0 saturated carbocycles. The molecule has 0 aliphatic heterocycles. The van der Waals surface area contributed by atoms with Crippen molar-refractivity contribution in [2.75, 3.05) is 12.5 Å². The summed E-state index contributed by atoms with van der Waals surface area (Å²) in [6.45, 7) is 6.27. The predicted octanol–water partition coefficient (Wildman–Crippen LogP) is 4.76. The zero-order chi connectivity index (χ0) is 18.7. The first-order valence-corrected chi connectivity index (χ1v) is 9.21. The van der Waals surface area contributed by atoms with Gasteiger partial charge in [-0.2, -0.15) is 5.10 Å². The number of ether oxygens (including phenoxy) is 1. The summed E-state index contributed by atoms with van der Waals surface area (Å²) in [5.74, 6) is 1.25. The number of hydrogen-bond acceptors (Lipinski definition) is 7. The maximum absolute atomic E-state index is 12.3. The molecule has 0 unspecified atom stereocenters. The third-order valence-corrected chi connectivity index (χ3v) is 4.51. The predicted molar refractivity (Wildman–Crippen MR) is 106 cm³/mol. The van der Waals surface area contributed by atoms with E-state index < -0.39 is 5.63 Å². The van der Waals surface area contributed by atoms with E-state index in [2.05, 4.69) is 29.4 Å². The Bertz CT molecular complexity index is 1000. The first-order chi connectivity index (χ1) is 12.5. The van der Waals surface area contributed by atoms with E-state index in [4.69, 9.17) is 9.15 Å². The number of hydrogen-bond donors (Lipinski definition) is 1. The molecule has 0 radical (unpaired) electrons.